The average Bonchev–Trinajstić information content (AvgIpc) is 2.42. The summed E-state index contributed by atoms with van der Waals surface area (Å²) in [5.74, 6) is 0.727. The zero-order chi connectivity index (χ0) is 14.3. The smallest absolute Gasteiger partial charge is 0.0562 e. The standard InChI is InChI=1S/C16H29N3/c1-6-14(5)12-19(7-2)16-8-9-17-15(10-16)11-18-13(3)4/h8-10,13-14,18H,6-7,11-12H2,1-5H3. The molecule has 3 heteroatoms. The fraction of sp³-hybridized carbons (Fsp3) is 0.688. The molecule has 0 saturated carbocycles. The van der Waals surface area contributed by atoms with Crippen molar-refractivity contribution in [1.82, 2.24) is 10.3 Å². The van der Waals surface area contributed by atoms with E-state index in [4.69, 9.17) is 0 Å². The lowest BCUT2D eigenvalue weighted by molar-refractivity contribution is 0.547. The van der Waals surface area contributed by atoms with Gasteiger partial charge in [0.2, 0.25) is 0 Å². The molecule has 0 aliphatic carbocycles. The van der Waals surface area contributed by atoms with Gasteiger partial charge in [0.15, 0.2) is 0 Å². The number of anilines is 1. The Hall–Kier alpha value is -1.09. The van der Waals surface area contributed by atoms with Gasteiger partial charge in [-0.3, -0.25) is 4.98 Å². The summed E-state index contributed by atoms with van der Waals surface area (Å²) in [6, 6.07) is 4.82. The fourth-order valence-corrected chi connectivity index (χ4v) is 1.99. The highest BCUT2D eigenvalue weighted by Gasteiger charge is 2.09. The lowest BCUT2D eigenvalue weighted by Crippen LogP contribution is -2.28. The van der Waals surface area contributed by atoms with Crippen molar-refractivity contribution in [3.05, 3.63) is 24.0 Å². The molecule has 1 aromatic rings. The molecule has 3 nitrogen and oxygen atoms in total. The summed E-state index contributed by atoms with van der Waals surface area (Å²) in [4.78, 5) is 6.88. The van der Waals surface area contributed by atoms with Gasteiger partial charge in [0.1, 0.15) is 0 Å². The second kappa shape index (κ2) is 8.16. The van der Waals surface area contributed by atoms with Crippen LogP contribution < -0.4 is 10.2 Å². The third-order valence-electron chi connectivity index (χ3n) is 3.47. The topological polar surface area (TPSA) is 28.2 Å². The van der Waals surface area contributed by atoms with E-state index in [1.165, 1.54) is 12.1 Å². The number of rotatable bonds is 8. The zero-order valence-electron chi connectivity index (χ0n) is 13.1. The summed E-state index contributed by atoms with van der Waals surface area (Å²) in [5.41, 5.74) is 2.41. The van der Waals surface area contributed by atoms with Crippen LogP contribution in [0.25, 0.3) is 0 Å². The van der Waals surface area contributed by atoms with Crippen LogP contribution in [0.3, 0.4) is 0 Å². The summed E-state index contributed by atoms with van der Waals surface area (Å²) in [6.07, 6.45) is 3.15. The largest absolute Gasteiger partial charge is 0.371 e. The van der Waals surface area contributed by atoms with E-state index in [1.54, 1.807) is 0 Å². The van der Waals surface area contributed by atoms with Gasteiger partial charge in [0, 0.05) is 37.6 Å². The van der Waals surface area contributed by atoms with Crippen LogP contribution in [0.1, 0.15) is 46.7 Å². The average molecular weight is 263 g/mol. The minimum Gasteiger partial charge on any atom is -0.371 e. The number of hydrogen-bond acceptors (Lipinski definition) is 3. The van der Waals surface area contributed by atoms with E-state index in [2.05, 4.69) is 62.0 Å². The zero-order valence-corrected chi connectivity index (χ0v) is 13.1. The van der Waals surface area contributed by atoms with E-state index in [0.29, 0.717) is 6.04 Å². The van der Waals surface area contributed by atoms with Crippen LogP contribution in [0.15, 0.2) is 18.3 Å². The van der Waals surface area contributed by atoms with Crippen LogP contribution in [0, 0.1) is 5.92 Å². The number of pyridine rings is 1. The Balaban J connectivity index is 2.72. The summed E-state index contributed by atoms with van der Waals surface area (Å²) < 4.78 is 0. The van der Waals surface area contributed by atoms with Crippen LogP contribution in [0.4, 0.5) is 5.69 Å². The van der Waals surface area contributed by atoms with Crippen LogP contribution >= 0.6 is 0 Å². The first kappa shape index (κ1) is 16.0. The molecular formula is C16H29N3. The molecular weight excluding hydrogens is 234 g/mol. The van der Waals surface area contributed by atoms with Crippen LogP contribution in [-0.2, 0) is 6.54 Å². The molecule has 108 valence electrons. The van der Waals surface area contributed by atoms with Crippen molar-refractivity contribution < 1.29 is 0 Å². The highest BCUT2D eigenvalue weighted by Crippen LogP contribution is 2.17. The normalized spacial score (nSPS) is 12.7. The van der Waals surface area contributed by atoms with Crippen LogP contribution in [0.5, 0.6) is 0 Å². The SMILES string of the molecule is CCC(C)CN(CC)c1ccnc(CNC(C)C)c1. The molecule has 0 bridgehead atoms. The van der Waals surface area contributed by atoms with E-state index in [-0.39, 0.29) is 0 Å². The second-order valence-electron chi connectivity index (χ2n) is 5.59. The summed E-state index contributed by atoms with van der Waals surface area (Å²) >= 11 is 0. The molecule has 1 unspecified atom stereocenters. The van der Waals surface area contributed by atoms with Gasteiger partial charge >= 0.3 is 0 Å². The van der Waals surface area contributed by atoms with Gasteiger partial charge < -0.3 is 10.2 Å². The lowest BCUT2D eigenvalue weighted by atomic mass is 10.1. The Morgan fingerprint density at radius 2 is 2.00 bits per heavy atom. The molecule has 0 aromatic carbocycles. The molecule has 0 radical (unpaired) electrons. The highest BCUT2D eigenvalue weighted by molar-refractivity contribution is 5.46. The highest BCUT2D eigenvalue weighted by atomic mass is 15.1. The van der Waals surface area contributed by atoms with Crippen molar-refractivity contribution in [3.63, 3.8) is 0 Å². The fourth-order valence-electron chi connectivity index (χ4n) is 1.99. The molecule has 1 atom stereocenters. The minimum atomic E-state index is 0.493. The van der Waals surface area contributed by atoms with Gasteiger partial charge in [0.25, 0.3) is 0 Å². The first-order valence-electron chi connectivity index (χ1n) is 7.50. The van der Waals surface area contributed by atoms with Gasteiger partial charge in [0.05, 0.1) is 5.69 Å². The molecule has 0 amide bonds. The van der Waals surface area contributed by atoms with Gasteiger partial charge in [-0.05, 0) is 25.0 Å². The Kier molecular flexibility index (Phi) is 6.85. The molecule has 0 aliphatic rings. The Labute approximate surface area is 118 Å². The molecule has 0 fully saturated rings. The number of nitrogens with one attached hydrogen (secondary N) is 1. The Morgan fingerprint density at radius 1 is 1.26 bits per heavy atom. The Morgan fingerprint density at radius 3 is 2.58 bits per heavy atom. The van der Waals surface area contributed by atoms with Crippen molar-refractivity contribution in [2.45, 2.75) is 53.6 Å². The first-order valence-corrected chi connectivity index (χ1v) is 7.50. The number of aromatic nitrogens is 1. The predicted octanol–water partition coefficient (Wildman–Crippen LogP) is 3.45. The maximum atomic E-state index is 4.44. The molecule has 1 N–H and O–H groups in total. The summed E-state index contributed by atoms with van der Waals surface area (Å²) in [6.45, 7) is 14.1. The van der Waals surface area contributed by atoms with Gasteiger partial charge in [-0.1, -0.05) is 34.1 Å². The molecule has 0 saturated heterocycles. The summed E-state index contributed by atoms with van der Waals surface area (Å²) in [7, 11) is 0. The van der Waals surface area contributed by atoms with Gasteiger partial charge in [-0.2, -0.15) is 0 Å². The van der Waals surface area contributed by atoms with E-state index in [0.717, 1.165) is 31.2 Å². The van der Waals surface area contributed by atoms with Crippen molar-refractivity contribution in [3.8, 4) is 0 Å². The first-order chi connectivity index (χ1) is 9.06. The van der Waals surface area contributed by atoms with E-state index < -0.39 is 0 Å². The molecule has 19 heavy (non-hydrogen) atoms. The maximum Gasteiger partial charge on any atom is 0.0562 e. The van der Waals surface area contributed by atoms with Crippen LogP contribution in [-0.4, -0.2) is 24.1 Å². The molecule has 0 spiro atoms. The van der Waals surface area contributed by atoms with E-state index in [9.17, 15) is 0 Å². The summed E-state index contributed by atoms with van der Waals surface area (Å²) in [5, 5.41) is 3.42. The van der Waals surface area contributed by atoms with Crippen molar-refractivity contribution >= 4 is 5.69 Å². The van der Waals surface area contributed by atoms with Crippen molar-refractivity contribution in [2.24, 2.45) is 5.92 Å². The van der Waals surface area contributed by atoms with Crippen molar-refractivity contribution in [1.29, 1.82) is 0 Å². The molecule has 1 heterocycles. The van der Waals surface area contributed by atoms with Gasteiger partial charge in [-0.15, -0.1) is 0 Å². The lowest BCUT2D eigenvalue weighted by Gasteiger charge is -2.26. The monoisotopic (exact) mass is 263 g/mol. The third kappa shape index (κ3) is 5.60. The maximum absolute atomic E-state index is 4.44. The van der Waals surface area contributed by atoms with Gasteiger partial charge in [-0.25, -0.2) is 0 Å². The molecule has 1 rings (SSSR count). The second-order valence-corrected chi connectivity index (χ2v) is 5.59. The number of hydrogen-bond donors (Lipinski definition) is 1. The van der Waals surface area contributed by atoms with Crippen LogP contribution in [0.2, 0.25) is 0 Å². The predicted molar refractivity (Wildman–Crippen MR) is 83.6 cm³/mol. The molecule has 0 aliphatic heterocycles. The molecule has 1 aromatic heterocycles. The van der Waals surface area contributed by atoms with Crippen molar-refractivity contribution in [2.75, 3.05) is 18.0 Å². The van der Waals surface area contributed by atoms with E-state index >= 15 is 0 Å². The quantitative estimate of drug-likeness (QED) is 0.778. The minimum absolute atomic E-state index is 0.493. The van der Waals surface area contributed by atoms with E-state index in [1.807, 2.05) is 6.20 Å². The third-order valence-corrected chi connectivity index (χ3v) is 3.47. The number of nitrogens with zero attached hydrogens (tertiary/aromatic N) is 2. The Bertz CT molecular complexity index is 363.